The second kappa shape index (κ2) is 38.2. The summed E-state index contributed by atoms with van der Waals surface area (Å²) < 4.78 is 44.6. The van der Waals surface area contributed by atoms with E-state index in [0.717, 1.165) is 66.2 Å². The molecule has 8 heterocycles. The van der Waals surface area contributed by atoms with Crippen LogP contribution in [0.4, 0.5) is 0 Å². The van der Waals surface area contributed by atoms with Crippen molar-refractivity contribution in [2.75, 3.05) is 20.3 Å². The molecule has 8 aliphatic rings. The van der Waals surface area contributed by atoms with Crippen LogP contribution in [-0.4, -0.2) is 249 Å². The highest BCUT2D eigenvalue weighted by Crippen LogP contribution is 2.51. The number of carbonyl (C=O) groups is 8. The number of hydrogen-bond donors (Lipinski definition) is 24. The average Bonchev–Trinajstić information content (AvgIpc) is 0.755. The van der Waals surface area contributed by atoms with Crippen molar-refractivity contribution >= 4 is 70.5 Å². The summed E-state index contributed by atoms with van der Waals surface area (Å²) in [7, 11) is 1.46. The molecular weight excluding hydrogens is 1660 g/mol. The first-order chi connectivity index (χ1) is 58.3. The molecule has 0 saturated carbocycles. The minimum atomic E-state index is -2.45. The summed E-state index contributed by atoms with van der Waals surface area (Å²) in [6.45, 7) is 4.30. The summed E-state index contributed by atoms with van der Waals surface area (Å²) >= 11 is 14.3. The maximum Gasteiger partial charge on any atom is 0.330 e. The van der Waals surface area contributed by atoms with Crippen molar-refractivity contribution in [2.24, 2.45) is 11.7 Å². The number of nitrogens with one attached hydrogen (secondary N) is 9. The van der Waals surface area contributed by atoms with E-state index in [1.54, 1.807) is 52.0 Å². The van der Waals surface area contributed by atoms with Gasteiger partial charge in [0, 0.05) is 47.3 Å². The SMILES string of the molecule is C#Cc1ccc(CN[C@@]2(C)C[C@H](O[C@H]3[C@H](Oc4c5cc6cc4Oc4ccc(cc4Cl)[C@@H](O)[C@@H](NC(=O)[C@@H](CC(C)C)NC)C(=O)N[C@@H](CC(N)=O)C(=O)N[C@H]6C(=O)N[C@H]4C(=O)N[C@H](C(=O)N[C@H](C(=O)O)c6cc(O)c(CN[C@H]7C(O)O[C@H](CO)[C@H](O)[C@@H]7O)c(O)c6-c6cc4ccc6O)[C@H](O)c4ccc(c(Cl)c4)O5)O[C@H](CO)[C@@H](O)[C@@H]3O)O[C@@H](C)[C@H]2O)cc1. The highest BCUT2D eigenvalue weighted by atomic mass is 35.5. The van der Waals surface area contributed by atoms with Crippen LogP contribution in [0.3, 0.4) is 0 Å². The molecule has 1 unspecified atom stereocenters. The number of aliphatic carboxylic acids is 1. The Morgan fingerprint density at radius 3 is 1.88 bits per heavy atom. The Labute approximate surface area is 711 Å². The number of nitrogens with two attached hydrogens (primary N) is 1. The maximum atomic E-state index is 16.4. The number of aliphatic hydroxyl groups excluding tert-OH is 10. The third-order valence-corrected chi connectivity index (χ3v) is 22.8. The van der Waals surface area contributed by atoms with E-state index in [9.17, 15) is 85.9 Å². The summed E-state index contributed by atoms with van der Waals surface area (Å²) in [5, 5.41) is 184. The largest absolute Gasteiger partial charge is 0.507 e. The number of aromatic hydroxyl groups is 3. The van der Waals surface area contributed by atoms with Gasteiger partial charge in [0.05, 0.1) is 59.5 Å². The minimum Gasteiger partial charge on any atom is -0.507 e. The lowest BCUT2D eigenvalue weighted by Crippen LogP contribution is -2.65. The topological polar surface area (TPSA) is 619 Å². The number of phenols is 3. The summed E-state index contributed by atoms with van der Waals surface area (Å²) in [4.78, 5) is 120. The molecule has 6 aromatic rings. The number of amides is 7. The molecule has 0 spiro atoms. The molecule has 14 rings (SSSR count). The Hall–Kier alpha value is -10.7. The molecular formula is C82H94Cl2N10O29. The molecule has 660 valence electrons. The molecule has 8 aliphatic heterocycles. The van der Waals surface area contributed by atoms with Crippen molar-refractivity contribution in [1.82, 2.24) is 47.9 Å². The van der Waals surface area contributed by atoms with E-state index in [1.807, 2.05) is 0 Å². The molecule has 41 heteroatoms. The molecule has 0 aliphatic carbocycles. The van der Waals surface area contributed by atoms with Crippen LogP contribution >= 0.6 is 23.2 Å². The fourth-order valence-corrected chi connectivity index (χ4v) is 15.9. The Balaban J connectivity index is 1.06. The minimum absolute atomic E-state index is 0.136. The summed E-state index contributed by atoms with van der Waals surface area (Å²) in [6.07, 6.45) is -20.8. The van der Waals surface area contributed by atoms with E-state index in [-0.39, 0.29) is 36.4 Å². The lowest BCUT2D eigenvalue weighted by molar-refractivity contribution is -0.334. The van der Waals surface area contributed by atoms with E-state index in [4.69, 9.17) is 68.5 Å². The second-order valence-electron chi connectivity index (χ2n) is 31.2. The van der Waals surface area contributed by atoms with E-state index < -0.39 is 303 Å². The van der Waals surface area contributed by atoms with Gasteiger partial charge in [-0.3, -0.25) is 33.6 Å². The lowest BCUT2D eigenvalue weighted by Gasteiger charge is -2.48. The number of likely N-dealkylation sites (N-methyl/N-ethyl adjacent to an activating group) is 1. The molecule has 23 atom stereocenters. The highest BCUT2D eigenvalue weighted by Gasteiger charge is 2.53. The second-order valence-corrected chi connectivity index (χ2v) is 32.0. The smallest absolute Gasteiger partial charge is 0.330 e. The predicted molar refractivity (Wildman–Crippen MR) is 427 cm³/mol. The van der Waals surface area contributed by atoms with Crippen molar-refractivity contribution in [3.63, 3.8) is 0 Å². The molecule has 3 fully saturated rings. The van der Waals surface area contributed by atoms with Crippen LogP contribution in [0.15, 0.2) is 97.1 Å². The highest BCUT2D eigenvalue weighted by molar-refractivity contribution is 6.32. The fourth-order valence-electron chi connectivity index (χ4n) is 15.4. The average molecular weight is 1750 g/mol. The zero-order valence-corrected chi connectivity index (χ0v) is 67.8. The standard InChI is InChI=1S/C82H94Cl2N10O29/c1-7-33-8-10-34(11-9-33)27-88-82(5)26-55(117-32(4)72(82)107)122-71-69(106)67(104)53(30-96)121-81(71)123-70-50-22-38-23-51(70)119-49-17-14-37(21-43(49)84)64(101)61-78(113)92-59(79(114)115)40-24-47(98)41(28-87-62-68(105)66(103)52(29-95)120-80(62)116)65(102)56(40)39-19-35(12-15-46(39)97)57(75(110)94-61)91-76(111)58(38)90-74(109)45(25-54(85)99)89-77(112)60(93-73(108)44(86-6)18-31(2)3)63(100)36-13-16-48(118-50)42(83)20-36/h1,8-17,19-24,31-32,44-45,52-53,55,57-64,66-69,71-72,80-81,86-88,95-98,100-107,116H,18,25-30H2,2-6H3,(H2,85,99)(H,89,112)(H,90,109)(H,91,111)(H,92,113)(H,93,108)(H,94,110)(H,114,115)/t32-,44+,45-,52+,53+,55-,57+,58+,59-,60+,61-,62+,63+,64+,66-,67+,68+,69-,71+,72+,80?,81-,82-/m0/s1. The number of benzene rings is 6. The van der Waals surface area contributed by atoms with Crippen molar-refractivity contribution in [2.45, 2.75) is 200 Å². The maximum absolute atomic E-state index is 16.4. The molecule has 39 nitrogen and oxygen atoms in total. The molecule has 11 bridgehead atoms. The lowest BCUT2D eigenvalue weighted by atomic mass is 9.84. The number of halogens is 2. The van der Waals surface area contributed by atoms with Gasteiger partial charge in [-0.05, 0) is 128 Å². The Morgan fingerprint density at radius 2 is 1.28 bits per heavy atom. The number of carboxylic acid groups (broad SMARTS) is 1. The Morgan fingerprint density at radius 1 is 0.675 bits per heavy atom. The number of aliphatic hydroxyl groups is 10. The van der Waals surface area contributed by atoms with Gasteiger partial charge < -0.3 is 158 Å². The molecule has 25 N–H and O–H groups in total. The normalized spacial score (nSPS) is 30.0. The van der Waals surface area contributed by atoms with E-state index in [0.29, 0.717) is 5.56 Å². The van der Waals surface area contributed by atoms with Gasteiger partial charge >= 0.3 is 5.97 Å². The van der Waals surface area contributed by atoms with Gasteiger partial charge in [0.15, 0.2) is 36.2 Å². The first kappa shape index (κ1) is 91.5. The van der Waals surface area contributed by atoms with Gasteiger partial charge in [-0.2, -0.15) is 0 Å². The molecule has 7 amide bonds. The van der Waals surface area contributed by atoms with E-state index in [2.05, 4.69) is 53.8 Å². The molecule has 6 aromatic carbocycles. The molecule has 0 aromatic heterocycles. The van der Waals surface area contributed by atoms with Crippen LogP contribution in [0.25, 0.3) is 11.1 Å². The zero-order valence-electron chi connectivity index (χ0n) is 66.3. The monoisotopic (exact) mass is 1750 g/mol. The number of carboxylic acids is 1. The molecule has 123 heavy (non-hydrogen) atoms. The number of ether oxygens (including phenoxy) is 7. The molecule has 0 radical (unpaired) electrons. The Bertz CT molecular complexity index is 5050. The van der Waals surface area contributed by atoms with Crippen LogP contribution in [0, 0.1) is 18.3 Å². The molecule has 3 saturated heterocycles. The zero-order chi connectivity index (χ0) is 89.2. The van der Waals surface area contributed by atoms with Crippen LogP contribution in [0.5, 0.6) is 46.0 Å². The Kier molecular flexibility index (Phi) is 28.4. The van der Waals surface area contributed by atoms with Crippen molar-refractivity contribution < 1.29 is 143 Å². The van der Waals surface area contributed by atoms with Crippen LogP contribution < -0.4 is 67.8 Å². The number of fused-ring (bicyclic) bond motifs is 15. The summed E-state index contributed by atoms with van der Waals surface area (Å²) in [5.74, 6) is -14.9. The van der Waals surface area contributed by atoms with E-state index >= 15 is 24.0 Å². The number of hydrogen-bond acceptors (Lipinski definition) is 31. The quantitative estimate of drug-likeness (QED) is 0.0400. The summed E-state index contributed by atoms with van der Waals surface area (Å²) in [5.41, 5.74) is 1.61. The predicted octanol–water partition coefficient (Wildman–Crippen LogP) is -1.19. The van der Waals surface area contributed by atoms with Crippen LogP contribution in [-0.2, 0) is 70.4 Å². The van der Waals surface area contributed by atoms with Gasteiger partial charge in [0.1, 0.15) is 108 Å². The number of terminal acetylenes is 1. The first-order valence-electron chi connectivity index (χ1n) is 38.9. The number of phenolic OH excluding ortho intramolecular Hbond substituents is 3. The van der Waals surface area contributed by atoms with E-state index in [1.165, 1.54) is 19.2 Å². The van der Waals surface area contributed by atoms with Gasteiger partial charge in [-0.15, -0.1) is 6.42 Å². The van der Waals surface area contributed by atoms with Gasteiger partial charge in [-0.1, -0.05) is 73.3 Å². The fraction of sp³-hybridized carbons (Fsp3) is 0.439. The van der Waals surface area contributed by atoms with Gasteiger partial charge in [0.2, 0.25) is 53.4 Å². The number of primary amides is 1. The van der Waals surface area contributed by atoms with Crippen molar-refractivity contribution in [1.29, 1.82) is 0 Å². The van der Waals surface area contributed by atoms with Gasteiger partial charge in [0.25, 0.3) is 0 Å². The third kappa shape index (κ3) is 19.6. The third-order valence-electron chi connectivity index (χ3n) is 22.2. The number of rotatable bonds is 20. The van der Waals surface area contributed by atoms with Gasteiger partial charge in [-0.25, -0.2) is 4.79 Å². The van der Waals surface area contributed by atoms with Crippen LogP contribution in [0.2, 0.25) is 10.0 Å². The van der Waals surface area contributed by atoms with Crippen molar-refractivity contribution in [3.05, 3.63) is 152 Å². The summed E-state index contributed by atoms with van der Waals surface area (Å²) in [6, 6.07) is 2.57. The number of carbonyl (C=O) groups excluding carboxylic acids is 7. The van der Waals surface area contributed by atoms with Crippen molar-refractivity contribution in [3.8, 4) is 69.5 Å². The van der Waals surface area contributed by atoms with Crippen LogP contribution in [0.1, 0.15) is 122 Å². The first-order valence-corrected chi connectivity index (χ1v) is 39.6.